The zero-order valence-electron chi connectivity index (χ0n) is 8.62. The highest BCUT2D eigenvalue weighted by Gasteiger charge is 2.29. The quantitative estimate of drug-likeness (QED) is 0.821. The number of halogens is 3. The zero-order chi connectivity index (χ0) is 12.6. The summed E-state index contributed by atoms with van der Waals surface area (Å²) in [6, 6.07) is 1.50. The van der Waals surface area contributed by atoms with Crippen molar-refractivity contribution < 1.29 is 14.6 Å². The molecule has 7 heteroatoms. The summed E-state index contributed by atoms with van der Waals surface area (Å²) in [5.74, 6) is 0.690. The number of fused-ring (bicyclic) bond motifs is 1. The van der Waals surface area contributed by atoms with Crippen molar-refractivity contribution in [1.29, 1.82) is 0 Å². The van der Waals surface area contributed by atoms with Gasteiger partial charge >= 0.3 is 0 Å². The van der Waals surface area contributed by atoms with Gasteiger partial charge in [0, 0.05) is 12.6 Å². The number of aliphatic hydroxyl groups excluding tert-OH is 1. The summed E-state index contributed by atoms with van der Waals surface area (Å²) in [6.45, 7) is 0.238. The molecule has 0 saturated carbocycles. The van der Waals surface area contributed by atoms with Gasteiger partial charge in [-0.05, 0) is 0 Å². The Morgan fingerprint density at radius 3 is 2.76 bits per heavy atom. The Morgan fingerprint density at radius 1 is 1.41 bits per heavy atom. The first-order chi connectivity index (χ1) is 8.04. The molecule has 17 heavy (non-hydrogen) atoms. The van der Waals surface area contributed by atoms with Crippen molar-refractivity contribution in [2.75, 3.05) is 13.2 Å². The average molecular weight is 299 g/mol. The molecular formula is C10H10Cl3NO3. The van der Waals surface area contributed by atoms with E-state index in [-0.39, 0.29) is 28.2 Å². The van der Waals surface area contributed by atoms with Gasteiger partial charge in [0.2, 0.25) is 0 Å². The molecule has 1 aliphatic rings. The molecule has 0 saturated heterocycles. The first kappa shape index (κ1) is 13.1. The minimum absolute atomic E-state index is 0.0818. The minimum atomic E-state index is -0.809. The van der Waals surface area contributed by atoms with Crippen molar-refractivity contribution in [3.05, 3.63) is 21.1 Å². The molecule has 0 spiro atoms. The van der Waals surface area contributed by atoms with Crippen molar-refractivity contribution in [2.45, 2.75) is 12.2 Å². The normalized spacial score (nSPS) is 20.2. The summed E-state index contributed by atoms with van der Waals surface area (Å²) in [6.07, 6.45) is -1.35. The molecule has 4 nitrogen and oxygen atoms in total. The lowest BCUT2D eigenvalue weighted by molar-refractivity contribution is -0.00524. The first-order valence-corrected chi connectivity index (χ1v) is 6.03. The fraction of sp³-hybridized carbons (Fsp3) is 0.400. The lowest BCUT2D eigenvalue weighted by Crippen LogP contribution is -2.43. The molecule has 0 aromatic heterocycles. The third-order valence-electron chi connectivity index (χ3n) is 2.42. The smallest absolute Gasteiger partial charge is 0.181 e. The molecule has 2 rings (SSSR count). The highest BCUT2D eigenvalue weighted by Crippen LogP contribution is 2.46. The molecule has 1 aromatic rings. The topological polar surface area (TPSA) is 64.7 Å². The number of nitrogens with two attached hydrogens (primary N) is 1. The van der Waals surface area contributed by atoms with Gasteiger partial charge in [0.1, 0.15) is 17.7 Å². The van der Waals surface area contributed by atoms with Gasteiger partial charge in [-0.25, -0.2) is 0 Å². The Hall–Kier alpha value is -0.390. The Morgan fingerprint density at radius 2 is 2.12 bits per heavy atom. The second kappa shape index (κ2) is 5.08. The zero-order valence-corrected chi connectivity index (χ0v) is 10.9. The number of benzene rings is 1. The Balaban J connectivity index is 2.33. The second-order valence-electron chi connectivity index (χ2n) is 3.58. The Bertz CT molecular complexity index is 441. The van der Waals surface area contributed by atoms with Gasteiger partial charge in [-0.15, -0.1) is 0 Å². The van der Waals surface area contributed by atoms with E-state index in [1.807, 2.05) is 0 Å². The van der Waals surface area contributed by atoms with Crippen molar-refractivity contribution in [3.8, 4) is 11.5 Å². The van der Waals surface area contributed by atoms with E-state index in [2.05, 4.69) is 0 Å². The number of aliphatic hydroxyl groups is 1. The van der Waals surface area contributed by atoms with E-state index >= 15 is 0 Å². The van der Waals surface area contributed by atoms with E-state index in [9.17, 15) is 5.11 Å². The standard InChI is InChI=1S/C10H10Cl3NO3/c11-4-1-6-10(9(13)8(4)12)16-3-7(17-6)5(15)2-14/h1,5,7,15H,2-3,14H2. The van der Waals surface area contributed by atoms with Gasteiger partial charge in [0.15, 0.2) is 17.6 Å². The van der Waals surface area contributed by atoms with Gasteiger partial charge in [-0.1, -0.05) is 34.8 Å². The van der Waals surface area contributed by atoms with Crippen LogP contribution in [0.1, 0.15) is 0 Å². The van der Waals surface area contributed by atoms with Crippen LogP contribution in [-0.4, -0.2) is 30.5 Å². The molecule has 3 N–H and O–H groups in total. The molecule has 1 aliphatic heterocycles. The third kappa shape index (κ3) is 2.41. The number of rotatable bonds is 2. The van der Waals surface area contributed by atoms with E-state index in [4.69, 9.17) is 50.0 Å². The maximum Gasteiger partial charge on any atom is 0.181 e. The van der Waals surface area contributed by atoms with Crippen LogP contribution in [0.15, 0.2) is 6.07 Å². The summed E-state index contributed by atoms with van der Waals surface area (Å²) in [7, 11) is 0. The highest BCUT2D eigenvalue weighted by molar-refractivity contribution is 6.48. The Labute approximate surface area is 113 Å². The molecule has 94 valence electrons. The van der Waals surface area contributed by atoms with Crippen LogP contribution in [0.4, 0.5) is 0 Å². The molecule has 0 fully saturated rings. The molecule has 0 aliphatic carbocycles. The predicted octanol–water partition coefficient (Wildman–Crippen LogP) is 2.11. The average Bonchev–Trinajstić information content (AvgIpc) is 2.34. The van der Waals surface area contributed by atoms with Crippen LogP contribution in [0.3, 0.4) is 0 Å². The summed E-state index contributed by atoms with van der Waals surface area (Å²) in [4.78, 5) is 0. The molecule has 0 amide bonds. The van der Waals surface area contributed by atoms with E-state index in [1.165, 1.54) is 6.07 Å². The molecular weight excluding hydrogens is 288 g/mol. The molecule has 0 bridgehead atoms. The number of hydrogen-bond donors (Lipinski definition) is 2. The van der Waals surface area contributed by atoms with E-state index in [1.54, 1.807) is 0 Å². The van der Waals surface area contributed by atoms with Crippen molar-refractivity contribution in [1.82, 2.24) is 0 Å². The Kier molecular flexibility index (Phi) is 3.90. The van der Waals surface area contributed by atoms with Crippen LogP contribution in [0.25, 0.3) is 0 Å². The van der Waals surface area contributed by atoms with Crippen molar-refractivity contribution >= 4 is 34.8 Å². The highest BCUT2D eigenvalue weighted by atomic mass is 35.5. The molecule has 0 radical (unpaired) electrons. The maximum atomic E-state index is 9.58. The molecule has 1 aromatic carbocycles. The van der Waals surface area contributed by atoms with Crippen molar-refractivity contribution in [2.24, 2.45) is 5.73 Å². The van der Waals surface area contributed by atoms with Crippen LogP contribution >= 0.6 is 34.8 Å². The molecule has 2 unspecified atom stereocenters. The lowest BCUT2D eigenvalue weighted by Gasteiger charge is -2.30. The predicted molar refractivity (Wildman–Crippen MR) is 66.4 cm³/mol. The van der Waals surface area contributed by atoms with Crippen LogP contribution < -0.4 is 15.2 Å². The second-order valence-corrected chi connectivity index (χ2v) is 4.75. The fourth-order valence-electron chi connectivity index (χ4n) is 1.48. The molecule has 2 atom stereocenters. The van der Waals surface area contributed by atoms with Gasteiger partial charge in [-0.2, -0.15) is 0 Å². The first-order valence-electron chi connectivity index (χ1n) is 4.89. The summed E-state index contributed by atoms with van der Waals surface area (Å²) < 4.78 is 10.9. The van der Waals surface area contributed by atoms with E-state index in [0.29, 0.717) is 11.5 Å². The monoisotopic (exact) mass is 297 g/mol. The maximum absolute atomic E-state index is 9.58. The van der Waals surface area contributed by atoms with E-state index in [0.717, 1.165) is 0 Å². The fourth-order valence-corrected chi connectivity index (χ4v) is 2.11. The summed E-state index contributed by atoms with van der Waals surface area (Å²) in [5, 5.41) is 10.3. The van der Waals surface area contributed by atoms with Gasteiger partial charge in [0.05, 0.1) is 10.0 Å². The van der Waals surface area contributed by atoms with Gasteiger partial charge in [-0.3, -0.25) is 0 Å². The largest absolute Gasteiger partial charge is 0.484 e. The van der Waals surface area contributed by atoms with Gasteiger partial charge < -0.3 is 20.3 Å². The van der Waals surface area contributed by atoms with Gasteiger partial charge in [0.25, 0.3) is 0 Å². The van der Waals surface area contributed by atoms with Crippen LogP contribution in [-0.2, 0) is 0 Å². The number of hydrogen-bond acceptors (Lipinski definition) is 4. The minimum Gasteiger partial charge on any atom is -0.484 e. The van der Waals surface area contributed by atoms with Crippen molar-refractivity contribution in [3.63, 3.8) is 0 Å². The SMILES string of the molecule is NCC(O)C1COc2c(cc(Cl)c(Cl)c2Cl)O1. The van der Waals surface area contributed by atoms with Crippen LogP contribution in [0.2, 0.25) is 15.1 Å². The summed E-state index contributed by atoms with van der Waals surface area (Å²) >= 11 is 17.7. The van der Waals surface area contributed by atoms with Crippen LogP contribution in [0, 0.1) is 0 Å². The molecule has 1 heterocycles. The lowest BCUT2D eigenvalue weighted by atomic mass is 10.2. The van der Waals surface area contributed by atoms with Crippen LogP contribution in [0.5, 0.6) is 11.5 Å². The third-order valence-corrected chi connectivity index (χ3v) is 3.67. The summed E-state index contributed by atoms with van der Waals surface area (Å²) in [5.41, 5.74) is 5.35. The van der Waals surface area contributed by atoms with E-state index < -0.39 is 12.2 Å². The number of ether oxygens (including phenoxy) is 2.